The minimum atomic E-state index is -0.642. The molecular formula is C19H22N2O3. The molecular weight excluding hydrogens is 304 g/mol. The number of hydrogen-bond donors (Lipinski definition) is 2. The van der Waals surface area contributed by atoms with Crippen LogP contribution < -0.4 is 15.4 Å². The van der Waals surface area contributed by atoms with E-state index in [2.05, 4.69) is 10.6 Å². The van der Waals surface area contributed by atoms with Crippen LogP contribution in [0.1, 0.15) is 23.6 Å². The van der Waals surface area contributed by atoms with E-state index < -0.39 is 11.8 Å². The first-order valence-electron chi connectivity index (χ1n) is 7.92. The average Bonchev–Trinajstić information content (AvgIpc) is 2.59. The van der Waals surface area contributed by atoms with Crippen molar-refractivity contribution in [1.82, 2.24) is 10.6 Å². The third-order valence-corrected chi connectivity index (χ3v) is 3.43. The summed E-state index contributed by atoms with van der Waals surface area (Å²) >= 11 is 0. The van der Waals surface area contributed by atoms with Crippen LogP contribution in [0.3, 0.4) is 0 Å². The quantitative estimate of drug-likeness (QED) is 0.801. The minimum Gasteiger partial charge on any atom is -0.494 e. The smallest absolute Gasteiger partial charge is 0.309 e. The number of rotatable bonds is 6. The molecule has 0 saturated carbocycles. The maximum atomic E-state index is 11.8. The lowest BCUT2D eigenvalue weighted by Gasteiger charge is -2.08. The zero-order chi connectivity index (χ0) is 17.4. The Morgan fingerprint density at radius 1 is 0.917 bits per heavy atom. The Morgan fingerprint density at radius 2 is 1.54 bits per heavy atom. The SMILES string of the molecule is CCOc1ccc(CNC(=O)C(=O)NCc2cccc(C)c2)cc1. The topological polar surface area (TPSA) is 67.4 Å². The van der Waals surface area contributed by atoms with E-state index in [1.54, 1.807) is 0 Å². The highest BCUT2D eigenvalue weighted by atomic mass is 16.5. The van der Waals surface area contributed by atoms with Gasteiger partial charge in [-0.25, -0.2) is 0 Å². The van der Waals surface area contributed by atoms with Crippen molar-refractivity contribution in [1.29, 1.82) is 0 Å². The fourth-order valence-corrected chi connectivity index (χ4v) is 2.22. The Bertz CT molecular complexity index is 696. The van der Waals surface area contributed by atoms with Crippen LogP contribution in [0.2, 0.25) is 0 Å². The number of hydrogen-bond acceptors (Lipinski definition) is 3. The molecule has 24 heavy (non-hydrogen) atoms. The summed E-state index contributed by atoms with van der Waals surface area (Å²) < 4.78 is 5.36. The molecule has 5 heteroatoms. The fourth-order valence-electron chi connectivity index (χ4n) is 2.22. The summed E-state index contributed by atoms with van der Waals surface area (Å²) in [7, 11) is 0. The molecule has 0 bridgehead atoms. The lowest BCUT2D eigenvalue weighted by molar-refractivity contribution is -0.139. The zero-order valence-corrected chi connectivity index (χ0v) is 14.0. The molecule has 0 aliphatic rings. The van der Waals surface area contributed by atoms with Crippen molar-refractivity contribution in [3.63, 3.8) is 0 Å². The standard InChI is InChI=1S/C19H22N2O3/c1-3-24-17-9-7-15(8-10-17)12-20-18(22)19(23)21-13-16-6-4-5-14(2)11-16/h4-11H,3,12-13H2,1-2H3,(H,20,22)(H,21,23). The van der Waals surface area contributed by atoms with E-state index in [0.717, 1.165) is 22.4 Å². The second-order valence-corrected chi connectivity index (χ2v) is 5.43. The van der Waals surface area contributed by atoms with Crippen molar-refractivity contribution in [2.75, 3.05) is 6.61 Å². The molecule has 0 unspecified atom stereocenters. The largest absolute Gasteiger partial charge is 0.494 e. The second kappa shape index (κ2) is 8.72. The number of amides is 2. The van der Waals surface area contributed by atoms with Gasteiger partial charge in [0.15, 0.2) is 0 Å². The minimum absolute atomic E-state index is 0.295. The Kier molecular flexibility index (Phi) is 6.37. The van der Waals surface area contributed by atoms with Gasteiger partial charge in [-0.2, -0.15) is 0 Å². The normalized spacial score (nSPS) is 10.1. The van der Waals surface area contributed by atoms with Crippen LogP contribution in [0.5, 0.6) is 5.75 Å². The van der Waals surface area contributed by atoms with Crippen LogP contribution in [-0.4, -0.2) is 18.4 Å². The van der Waals surface area contributed by atoms with E-state index in [1.807, 2.05) is 62.4 Å². The summed E-state index contributed by atoms with van der Waals surface area (Å²) in [6.45, 7) is 5.13. The molecule has 2 aromatic carbocycles. The van der Waals surface area contributed by atoms with Crippen LogP contribution in [0.15, 0.2) is 48.5 Å². The number of carbonyl (C=O) groups excluding carboxylic acids is 2. The van der Waals surface area contributed by atoms with Crippen molar-refractivity contribution >= 4 is 11.8 Å². The monoisotopic (exact) mass is 326 g/mol. The first-order valence-corrected chi connectivity index (χ1v) is 7.92. The summed E-state index contributed by atoms with van der Waals surface area (Å²) in [6.07, 6.45) is 0. The van der Waals surface area contributed by atoms with Gasteiger partial charge in [0.05, 0.1) is 6.61 Å². The van der Waals surface area contributed by atoms with Gasteiger partial charge < -0.3 is 15.4 Å². The highest BCUT2D eigenvalue weighted by Crippen LogP contribution is 2.11. The van der Waals surface area contributed by atoms with E-state index in [1.165, 1.54) is 0 Å². The second-order valence-electron chi connectivity index (χ2n) is 5.43. The molecule has 0 radical (unpaired) electrons. The van der Waals surface area contributed by atoms with E-state index in [0.29, 0.717) is 19.7 Å². The molecule has 0 atom stereocenters. The van der Waals surface area contributed by atoms with Gasteiger partial charge in [-0.15, -0.1) is 0 Å². The highest BCUT2D eigenvalue weighted by Gasteiger charge is 2.12. The predicted molar refractivity (Wildman–Crippen MR) is 92.5 cm³/mol. The number of ether oxygens (including phenoxy) is 1. The first-order chi connectivity index (χ1) is 11.6. The van der Waals surface area contributed by atoms with Gasteiger partial charge in [0, 0.05) is 13.1 Å². The Hall–Kier alpha value is -2.82. The number of benzene rings is 2. The third kappa shape index (κ3) is 5.43. The molecule has 0 heterocycles. The van der Waals surface area contributed by atoms with Gasteiger partial charge in [-0.05, 0) is 37.1 Å². The van der Waals surface area contributed by atoms with Crippen LogP contribution in [0, 0.1) is 6.92 Å². The molecule has 0 saturated heterocycles. The molecule has 5 nitrogen and oxygen atoms in total. The zero-order valence-electron chi connectivity index (χ0n) is 14.0. The Balaban J connectivity index is 1.78. The van der Waals surface area contributed by atoms with Crippen LogP contribution in [0.25, 0.3) is 0 Å². The van der Waals surface area contributed by atoms with E-state index in [9.17, 15) is 9.59 Å². The molecule has 2 amide bonds. The van der Waals surface area contributed by atoms with E-state index in [4.69, 9.17) is 4.74 Å². The summed E-state index contributed by atoms with van der Waals surface area (Å²) in [6, 6.07) is 15.2. The number of aryl methyl sites for hydroxylation is 1. The highest BCUT2D eigenvalue weighted by molar-refractivity contribution is 6.35. The third-order valence-electron chi connectivity index (χ3n) is 3.43. The summed E-state index contributed by atoms with van der Waals surface area (Å²) in [5, 5.41) is 5.22. The Labute approximate surface area is 142 Å². The maximum absolute atomic E-state index is 11.8. The van der Waals surface area contributed by atoms with E-state index in [-0.39, 0.29) is 0 Å². The van der Waals surface area contributed by atoms with Crippen LogP contribution >= 0.6 is 0 Å². The molecule has 126 valence electrons. The molecule has 2 N–H and O–H groups in total. The average molecular weight is 326 g/mol. The van der Waals surface area contributed by atoms with Crippen molar-refractivity contribution < 1.29 is 14.3 Å². The molecule has 0 aromatic heterocycles. The summed E-state index contributed by atoms with van der Waals surface area (Å²) in [5.41, 5.74) is 2.97. The molecule has 0 aliphatic heterocycles. The lowest BCUT2D eigenvalue weighted by atomic mass is 10.1. The van der Waals surface area contributed by atoms with Gasteiger partial charge in [-0.1, -0.05) is 42.0 Å². The Morgan fingerprint density at radius 3 is 2.12 bits per heavy atom. The number of nitrogens with one attached hydrogen (secondary N) is 2. The van der Waals surface area contributed by atoms with Crippen LogP contribution in [-0.2, 0) is 22.7 Å². The molecule has 0 spiro atoms. The lowest BCUT2D eigenvalue weighted by Crippen LogP contribution is -2.39. The predicted octanol–water partition coefficient (Wildman–Crippen LogP) is 2.33. The van der Waals surface area contributed by atoms with Crippen molar-refractivity contribution in [3.05, 3.63) is 65.2 Å². The molecule has 0 fully saturated rings. The molecule has 2 rings (SSSR count). The van der Waals surface area contributed by atoms with Gasteiger partial charge in [0.25, 0.3) is 0 Å². The summed E-state index contributed by atoms with van der Waals surface area (Å²) in [5.74, 6) is -0.498. The van der Waals surface area contributed by atoms with Crippen molar-refractivity contribution in [2.24, 2.45) is 0 Å². The first kappa shape index (κ1) is 17.5. The molecule has 0 aliphatic carbocycles. The van der Waals surface area contributed by atoms with E-state index >= 15 is 0 Å². The van der Waals surface area contributed by atoms with Gasteiger partial charge in [0.1, 0.15) is 5.75 Å². The summed E-state index contributed by atoms with van der Waals surface area (Å²) in [4.78, 5) is 23.6. The van der Waals surface area contributed by atoms with Crippen molar-refractivity contribution in [3.8, 4) is 5.75 Å². The maximum Gasteiger partial charge on any atom is 0.309 e. The fraction of sp³-hybridized carbons (Fsp3) is 0.263. The molecule has 2 aromatic rings. The van der Waals surface area contributed by atoms with Crippen LogP contribution in [0.4, 0.5) is 0 Å². The van der Waals surface area contributed by atoms with Gasteiger partial charge >= 0.3 is 11.8 Å². The van der Waals surface area contributed by atoms with Gasteiger partial charge in [0.2, 0.25) is 0 Å². The number of carbonyl (C=O) groups is 2. The van der Waals surface area contributed by atoms with Gasteiger partial charge in [-0.3, -0.25) is 9.59 Å². The van der Waals surface area contributed by atoms with Crippen molar-refractivity contribution in [2.45, 2.75) is 26.9 Å².